The van der Waals surface area contributed by atoms with Crippen molar-refractivity contribution in [2.24, 2.45) is 5.73 Å². The SMILES string of the molecule is COc1cccc(C(N)c2ccc(C)c(Cl)c2)c1OC. The average molecular weight is 292 g/mol. The molecule has 2 aromatic carbocycles. The third-order valence-electron chi connectivity index (χ3n) is 3.32. The van der Waals surface area contributed by atoms with E-state index in [1.54, 1.807) is 14.2 Å². The molecule has 0 aliphatic carbocycles. The molecule has 1 unspecified atom stereocenters. The van der Waals surface area contributed by atoms with E-state index in [9.17, 15) is 0 Å². The number of methoxy groups -OCH3 is 2. The zero-order valence-electron chi connectivity index (χ0n) is 11.8. The Morgan fingerprint density at radius 1 is 1.10 bits per heavy atom. The van der Waals surface area contributed by atoms with E-state index in [1.165, 1.54) is 0 Å². The monoisotopic (exact) mass is 291 g/mol. The second kappa shape index (κ2) is 6.16. The Morgan fingerprint density at radius 2 is 1.85 bits per heavy atom. The first-order valence-electron chi connectivity index (χ1n) is 6.31. The smallest absolute Gasteiger partial charge is 0.165 e. The van der Waals surface area contributed by atoms with Crippen molar-refractivity contribution in [3.05, 3.63) is 58.1 Å². The number of aryl methyl sites for hydroxylation is 1. The molecule has 106 valence electrons. The first kappa shape index (κ1) is 14.7. The lowest BCUT2D eigenvalue weighted by molar-refractivity contribution is 0.350. The fourth-order valence-corrected chi connectivity index (χ4v) is 2.33. The Morgan fingerprint density at radius 3 is 2.45 bits per heavy atom. The first-order chi connectivity index (χ1) is 9.58. The number of nitrogens with two attached hydrogens (primary N) is 1. The van der Waals surface area contributed by atoms with Crippen molar-refractivity contribution in [2.75, 3.05) is 14.2 Å². The van der Waals surface area contributed by atoms with Crippen LogP contribution in [0.4, 0.5) is 0 Å². The van der Waals surface area contributed by atoms with Gasteiger partial charge >= 0.3 is 0 Å². The van der Waals surface area contributed by atoms with Crippen molar-refractivity contribution >= 4 is 11.6 Å². The largest absolute Gasteiger partial charge is 0.493 e. The fraction of sp³-hybridized carbons (Fsp3) is 0.250. The van der Waals surface area contributed by atoms with Gasteiger partial charge in [0.25, 0.3) is 0 Å². The van der Waals surface area contributed by atoms with Gasteiger partial charge in [-0.25, -0.2) is 0 Å². The summed E-state index contributed by atoms with van der Waals surface area (Å²) in [5, 5.41) is 0.708. The average Bonchev–Trinajstić information content (AvgIpc) is 2.48. The zero-order valence-corrected chi connectivity index (χ0v) is 12.6. The van der Waals surface area contributed by atoms with Crippen LogP contribution in [0.15, 0.2) is 36.4 Å². The van der Waals surface area contributed by atoms with E-state index in [2.05, 4.69) is 0 Å². The third-order valence-corrected chi connectivity index (χ3v) is 3.73. The molecule has 2 N–H and O–H groups in total. The number of hydrogen-bond donors (Lipinski definition) is 1. The van der Waals surface area contributed by atoms with Gasteiger partial charge in [-0.2, -0.15) is 0 Å². The Hall–Kier alpha value is -1.71. The van der Waals surface area contributed by atoms with Crippen molar-refractivity contribution in [2.45, 2.75) is 13.0 Å². The van der Waals surface area contributed by atoms with Gasteiger partial charge in [-0.05, 0) is 30.2 Å². The van der Waals surface area contributed by atoms with Crippen LogP contribution >= 0.6 is 11.6 Å². The van der Waals surface area contributed by atoms with E-state index >= 15 is 0 Å². The molecule has 3 nitrogen and oxygen atoms in total. The minimum atomic E-state index is -0.321. The summed E-state index contributed by atoms with van der Waals surface area (Å²) in [4.78, 5) is 0. The summed E-state index contributed by atoms with van der Waals surface area (Å²) in [7, 11) is 3.21. The highest BCUT2D eigenvalue weighted by Crippen LogP contribution is 2.36. The Labute approximate surface area is 124 Å². The Kier molecular flexibility index (Phi) is 4.53. The molecule has 0 bridgehead atoms. The molecular formula is C16H18ClNO2. The number of hydrogen-bond acceptors (Lipinski definition) is 3. The van der Waals surface area contributed by atoms with Crippen LogP contribution < -0.4 is 15.2 Å². The van der Waals surface area contributed by atoms with E-state index in [0.29, 0.717) is 16.5 Å². The van der Waals surface area contributed by atoms with Gasteiger partial charge < -0.3 is 15.2 Å². The van der Waals surface area contributed by atoms with E-state index in [1.807, 2.05) is 43.3 Å². The van der Waals surface area contributed by atoms with Gasteiger partial charge in [0, 0.05) is 10.6 Å². The lowest BCUT2D eigenvalue weighted by atomic mass is 9.97. The molecule has 1 atom stereocenters. The van der Waals surface area contributed by atoms with Gasteiger partial charge in [0.1, 0.15) is 0 Å². The predicted molar refractivity (Wildman–Crippen MR) is 81.8 cm³/mol. The molecule has 0 spiro atoms. The first-order valence-corrected chi connectivity index (χ1v) is 6.68. The molecule has 0 saturated carbocycles. The molecule has 0 heterocycles. The molecule has 2 aromatic rings. The summed E-state index contributed by atoms with van der Waals surface area (Å²) in [6, 6.07) is 11.2. The maximum Gasteiger partial charge on any atom is 0.165 e. The summed E-state index contributed by atoms with van der Waals surface area (Å²) < 4.78 is 10.7. The quantitative estimate of drug-likeness (QED) is 0.934. The molecule has 0 radical (unpaired) electrons. The van der Waals surface area contributed by atoms with Crippen LogP contribution in [-0.4, -0.2) is 14.2 Å². The highest BCUT2D eigenvalue weighted by Gasteiger charge is 2.17. The van der Waals surface area contributed by atoms with Crippen LogP contribution in [0, 0.1) is 6.92 Å². The molecule has 0 saturated heterocycles. The van der Waals surface area contributed by atoms with Gasteiger partial charge in [0.15, 0.2) is 11.5 Å². The fourth-order valence-electron chi connectivity index (χ4n) is 2.14. The topological polar surface area (TPSA) is 44.5 Å². The lowest BCUT2D eigenvalue weighted by Gasteiger charge is -2.18. The van der Waals surface area contributed by atoms with Crippen molar-refractivity contribution in [3.63, 3.8) is 0 Å². The van der Waals surface area contributed by atoms with Crippen molar-refractivity contribution in [3.8, 4) is 11.5 Å². The summed E-state index contributed by atoms with van der Waals surface area (Å²) in [5.41, 5.74) is 9.17. The van der Waals surface area contributed by atoms with Crippen molar-refractivity contribution in [1.82, 2.24) is 0 Å². The zero-order chi connectivity index (χ0) is 14.7. The van der Waals surface area contributed by atoms with E-state index in [4.69, 9.17) is 26.8 Å². The number of para-hydroxylation sites is 1. The van der Waals surface area contributed by atoms with Gasteiger partial charge in [0.05, 0.1) is 20.3 Å². The number of ether oxygens (including phenoxy) is 2. The third kappa shape index (κ3) is 2.74. The summed E-state index contributed by atoms with van der Waals surface area (Å²) in [6.45, 7) is 1.96. The molecule has 0 aromatic heterocycles. The Balaban J connectivity index is 2.47. The summed E-state index contributed by atoms with van der Waals surface area (Å²) in [6.07, 6.45) is 0. The van der Waals surface area contributed by atoms with Crippen LogP contribution in [0.3, 0.4) is 0 Å². The van der Waals surface area contributed by atoms with Crippen molar-refractivity contribution in [1.29, 1.82) is 0 Å². The van der Waals surface area contributed by atoms with Crippen molar-refractivity contribution < 1.29 is 9.47 Å². The van der Waals surface area contributed by atoms with Gasteiger partial charge in [-0.3, -0.25) is 0 Å². The summed E-state index contributed by atoms with van der Waals surface area (Å²) >= 11 is 6.17. The maximum atomic E-state index is 6.34. The molecular weight excluding hydrogens is 274 g/mol. The predicted octanol–water partition coefficient (Wildman–Crippen LogP) is 3.71. The molecule has 0 amide bonds. The number of rotatable bonds is 4. The standard InChI is InChI=1S/C16H18ClNO2/c1-10-7-8-11(9-13(10)17)15(18)12-5-4-6-14(19-2)16(12)20-3/h4-9,15H,18H2,1-3H3. The lowest BCUT2D eigenvalue weighted by Crippen LogP contribution is -2.13. The van der Waals surface area contributed by atoms with Crippen LogP contribution in [0.2, 0.25) is 5.02 Å². The van der Waals surface area contributed by atoms with Gasteiger partial charge in [-0.15, -0.1) is 0 Å². The normalized spacial score (nSPS) is 12.1. The summed E-state index contributed by atoms with van der Waals surface area (Å²) in [5.74, 6) is 1.32. The highest BCUT2D eigenvalue weighted by molar-refractivity contribution is 6.31. The molecule has 0 aliphatic rings. The molecule has 0 fully saturated rings. The maximum absolute atomic E-state index is 6.34. The highest BCUT2D eigenvalue weighted by atomic mass is 35.5. The van der Waals surface area contributed by atoms with Crippen LogP contribution in [-0.2, 0) is 0 Å². The van der Waals surface area contributed by atoms with Gasteiger partial charge in [0.2, 0.25) is 0 Å². The van der Waals surface area contributed by atoms with Crippen LogP contribution in [0.1, 0.15) is 22.7 Å². The Bertz CT molecular complexity index is 613. The van der Waals surface area contributed by atoms with Crippen LogP contribution in [0.25, 0.3) is 0 Å². The van der Waals surface area contributed by atoms with E-state index in [0.717, 1.165) is 16.7 Å². The second-order valence-corrected chi connectivity index (χ2v) is 4.98. The molecule has 2 rings (SSSR count). The van der Waals surface area contributed by atoms with Gasteiger partial charge in [-0.1, -0.05) is 35.9 Å². The minimum Gasteiger partial charge on any atom is -0.493 e. The van der Waals surface area contributed by atoms with Crippen LogP contribution in [0.5, 0.6) is 11.5 Å². The molecule has 20 heavy (non-hydrogen) atoms. The molecule has 0 aliphatic heterocycles. The molecule has 4 heteroatoms. The minimum absolute atomic E-state index is 0.321. The van der Waals surface area contributed by atoms with E-state index < -0.39 is 0 Å². The van der Waals surface area contributed by atoms with E-state index in [-0.39, 0.29) is 6.04 Å². The second-order valence-electron chi connectivity index (χ2n) is 4.57. The number of halogens is 1. The number of benzene rings is 2.